The van der Waals surface area contributed by atoms with E-state index in [1.807, 2.05) is 23.2 Å². The fourth-order valence-corrected chi connectivity index (χ4v) is 3.73. The first kappa shape index (κ1) is 18.4. The van der Waals surface area contributed by atoms with Crippen LogP contribution >= 0.6 is 11.3 Å². The number of aromatic nitrogens is 1. The second-order valence-electron chi connectivity index (χ2n) is 6.33. The van der Waals surface area contributed by atoms with Gasteiger partial charge in [-0.1, -0.05) is 24.3 Å². The van der Waals surface area contributed by atoms with Crippen molar-refractivity contribution in [3.63, 3.8) is 0 Å². The molecule has 1 saturated heterocycles. The van der Waals surface area contributed by atoms with Gasteiger partial charge in [0, 0.05) is 44.2 Å². The molecule has 0 spiro atoms. The Balaban J connectivity index is 1.56. The van der Waals surface area contributed by atoms with Gasteiger partial charge in [0.2, 0.25) is 5.91 Å². The summed E-state index contributed by atoms with van der Waals surface area (Å²) in [6.45, 7) is 4.91. The highest BCUT2D eigenvalue weighted by molar-refractivity contribution is 7.11. The molecule has 1 aliphatic rings. The van der Waals surface area contributed by atoms with E-state index in [0.717, 1.165) is 23.9 Å². The van der Waals surface area contributed by atoms with Gasteiger partial charge in [0.15, 0.2) is 5.96 Å². The molecule has 0 saturated carbocycles. The minimum Gasteiger partial charge on any atom is -0.352 e. The van der Waals surface area contributed by atoms with Crippen molar-refractivity contribution in [3.8, 4) is 0 Å². The van der Waals surface area contributed by atoms with E-state index in [-0.39, 0.29) is 5.91 Å². The van der Waals surface area contributed by atoms with Gasteiger partial charge in [-0.15, -0.1) is 11.3 Å². The number of rotatable bonds is 6. The van der Waals surface area contributed by atoms with E-state index in [1.165, 1.54) is 16.0 Å². The van der Waals surface area contributed by atoms with E-state index in [2.05, 4.69) is 39.7 Å². The van der Waals surface area contributed by atoms with Crippen LogP contribution in [0.25, 0.3) is 0 Å². The minimum atomic E-state index is 0.254. The van der Waals surface area contributed by atoms with Gasteiger partial charge in [-0.2, -0.15) is 0 Å². The first-order valence-electron chi connectivity index (χ1n) is 8.86. The summed E-state index contributed by atoms with van der Waals surface area (Å²) in [6.07, 6.45) is 3.52. The van der Waals surface area contributed by atoms with Gasteiger partial charge in [0.1, 0.15) is 5.01 Å². The smallest absolute Gasteiger partial charge is 0.222 e. The number of amides is 1. The van der Waals surface area contributed by atoms with Crippen LogP contribution in [0.5, 0.6) is 0 Å². The summed E-state index contributed by atoms with van der Waals surface area (Å²) in [6, 6.07) is 8.25. The number of carbonyl (C=O) groups is 1. The van der Waals surface area contributed by atoms with Crippen molar-refractivity contribution in [2.45, 2.75) is 39.4 Å². The number of nitrogens with one attached hydrogen (secondary N) is 2. The summed E-state index contributed by atoms with van der Waals surface area (Å²) in [5.41, 5.74) is 2.36. The van der Waals surface area contributed by atoms with Crippen molar-refractivity contribution in [1.29, 1.82) is 0 Å². The number of aliphatic imine (C=N–C) groups is 1. The van der Waals surface area contributed by atoms with Crippen LogP contribution < -0.4 is 10.6 Å². The lowest BCUT2D eigenvalue weighted by Gasteiger charge is -2.19. The molecule has 2 aromatic rings. The quantitative estimate of drug-likeness (QED) is 0.604. The van der Waals surface area contributed by atoms with Gasteiger partial charge >= 0.3 is 0 Å². The molecule has 0 atom stereocenters. The molecule has 26 heavy (non-hydrogen) atoms. The van der Waals surface area contributed by atoms with Crippen molar-refractivity contribution in [1.82, 2.24) is 20.5 Å². The zero-order valence-electron chi connectivity index (χ0n) is 15.3. The molecular weight excluding hydrogens is 346 g/mol. The Labute approximate surface area is 158 Å². The molecule has 2 N–H and O–H groups in total. The van der Waals surface area contributed by atoms with E-state index in [4.69, 9.17) is 0 Å². The van der Waals surface area contributed by atoms with Crippen LogP contribution in [0.2, 0.25) is 0 Å². The summed E-state index contributed by atoms with van der Waals surface area (Å²) >= 11 is 1.68. The molecule has 1 aromatic heterocycles. The molecule has 7 heteroatoms. The van der Waals surface area contributed by atoms with Gasteiger partial charge in [0.25, 0.3) is 0 Å². The molecular formula is C19H25N5OS. The number of aryl methyl sites for hydroxylation is 1. The molecule has 1 amide bonds. The zero-order valence-corrected chi connectivity index (χ0v) is 16.1. The third-order valence-electron chi connectivity index (χ3n) is 4.40. The van der Waals surface area contributed by atoms with Crippen molar-refractivity contribution in [2.75, 3.05) is 13.6 Å². The Hall–Kier alpha value is -2.41. The summed E-state index contributed by atoms with van der Waals surface area (Å²) in [7, 11) is 1.76. The normalized spacial score (nSPS) is 14.8. The van der Waals surface area contributed by atoms with Crippen LogP contribution in [-0.2, 0) is 24.4 Å². The molecule has 0 aliphatic carbocycles. The molecule has 1 fully saturated rings. The predicted molar refractivity (Wildman–Crippen MR) is 105 cm³/mol. The van der Waals surface area contributed by atoms with E-state index < -0.39 is 0 Å². The Morgan fingerprint density at radius 2 is 2.04 bits per heavy atom. The van der Waals surface area contributed by atoms with Crippen LogP contribution in [0.4, 0.5) is 0 Å². The highest BCUT2D eigenvalue weighted by Crippen LogP contribution is 2.17. The summed E-state index contributed by atoms with van der Waals surface area (Å²) in [5.74, 6) is 0.994. The summed E-state index contributed by atoms with van der Waals surface area (Å²) < 4.78 is 0. The van der Waals surface area contributed by atoms with Gasteiger partial charge in [0.05, 0.1) is 6.54 Å². The molecule has 3 rings (SSSR count). The van der Waals surface area contributed by atoms with Crippen LogP contribution in [0.3, 0.4) is 0 Å². The maximum Gasteiger partial charge on any atom is 0.222 e. The fraction of sp³-hybridized carbons (Fsp3) is 0.421. The van der Waals surface area contributed by atoms with E-state index in [9.17, 15) is 4.79 Å². The largest absolute Gasteiger partial charge is 0.352 e. The monoisotopic (exact) mass is 371 g/mol. The van der Waals surface area contributed by atoms with Crippen molar-refractivity contribution >= 4 is 23.2 Å². The Morgan fingerprint density at radius 3 is 2.69 bits per heavy atom. The van der Waals surface area contributed by atoms with E-state index in [0.29, 0.717) is 26.1 Å². The van der Waals surface area contributed by atoms with Crippen LogP contribution in [0.15, 0.2) is 35.5 Å². The standard InChI is InChI=1S/C19H25N5OS/c1-14-10-21-17(26-14)12-23-19(20-2)22-11-15-6-3-4-7-16(15)13-24-9-5-8-18(24)25/h3-4,6-7,10H,5,8-9,11-13H2,1-2H3,(H2,20,22,23). The Bertz CT molecular complexity index is 786. The molecule has 1 aliphatic heterocycles. The van der Waals surface area contributed by atoms with Crippen molar-refractivity contribution in [2.24, 2.45) is 4.99 Å². The van der Waals surface area contributed by atoms with Gasteiger partial charge in [-0.25, -0.2) is 4.98 Å². The highest BCUT2D eigenvalue weighted by Gasteiger charge is 2.20. The van der Waals surface area contributed by atoms with E-state index >= 15 is 0 Å². The molecule has 1 aromatic carbocycles. The number of guanidine groups is 1. The Kier molecular flexibility index (Phi) is 6.22. The second-order valence-corrected chi connectivity index (χ2v) is 7.65. The van der Waals surface area contributed by atoms with Crippen LogP contribution in [0.1, 0.15) is 33.9 Å². The van der Waals surface area contributed by atoms with Crippen LogP contribution in [0, 0.1) is 6.92 Å². The summed E-state index contributed by atoms with van der Waals surface area (Å²) in [4.78, 5) is 23.7. The summed E-state index contributed by atoms with van der Waals surface area (Å²) in [5, 5.41) is 7.68. The number of benzene rings is 1. The fourth-order valence-electron chi connectivity index (χ4n) is 3.00. The number of hydrogen-bond acceptors (Lipinski definition) is 4. The number of nitrogens with zero attached hydrogens (tertiary/aromatic N) is 3. The van der Waals surface area contributed by atoms with Gasteiger partial charge in [-0.3, -0.25) is 9.79 Å². The van der Waals surface area contributed by atoms with Crippen molar-refractivity contribution in [3.05, 3.63) is 51.5 Å². The first-order chi connectivity index (χ1) is 12.7. The molecule has 0 bridgehead atoms. The van der Waals surface area contributed by atoms with Crippen LogP contribution in [-0.4, -0.2) is 35.3 Å². The lowest BCUT2D eigenvalue weighted by molar-refractivity contribution is -0.128. The van der Waals surface area contributed by atoms with Gasteiger partial charge < -0.3 is 15.5 Å². The molecule has 2 heterocycles. The molecule has 0 unspecified atom stereocenters. The average molecular weight is 372 g/mol. The Morgan fingerprint density at radius 1 is 1.27 bits per heavy atom. The zero-order chi connectivity index (χ0) is 18.4. The maximum atomic E-state index is 11.9. The third-order valence-corrected chi connectivity index (χ3v) is 5.31. The molecule has 138 valence electrons. The minimum absolute atomic E-state index is 0.254. The molecule has 6 nitrogen and oxygen atoms in total. The molecule has 0 radical (unpaired) electrons. The average Bonchev–Trinajstić information content (AvgIpc) is 3.25. The van der Waals surface area contributed by atoms with E-state index in [1.54, 1.807) is 18.4 Å². The number of hydrogen-bond donors (Lipinski definition) is 2. The predicted octanol–water partition coefficient (Wildman–Crippen LogP) is 2.44. The number of likely N-dealkylation sites (tertiary alicyclic amines) is 1. The SMILES string of the molecule is CN=C(NCc1ncc(C)s1)NCc1ccccc1CN1CCCC1=O. The lowest BCUT2D eigenvalue weighted by Crippen LogP contribution is -2.36. The number of thiazole rings is 1. The topological polar surface area (TPSA) is 69.6 Å². The third kappa shape index (κ3) is 4.82. The second kappa shape index (κ2) is 8.80. The lowest BCUT2D eigenvalue weighted by atomic mass is 10.1. The van der Waals surface area contributed by atoms with Crippen molar-refractivity contribution < 1.29 is 4.79 Å². The number of carbonyl (C=O) groups excluding carboxylic acids is 1. The first-order valence-corrected chi connectivity index (χ1v) is 9.67. The highest BCUT2D eigenvalue weighted by atomic mass is 32.1. The maximum absolute atomic E-state index is 11.9. The van der Waals surface area contributed by atoms with Gasteiger partial charge in [-0.05, 0) is 24.5 Å².